The summed E-state index contributed by atoms with van der Waals surface area (Å²) in [6.07, 6.45) is -4.89. The predicted octanol–water partition coefficient (Wildman–Crippen LogP) is 4.01. The van der Waals surface area contributed by atoms with Crippen LogP contribution in [-0.4, -0.2) is 18.1 Å². The third-order valence-corrected chi connectivity index (χ3v) is 2.60. The molecular weight excluding hydrogens is 283 g/mol. The molecular formula is C10H6Cl2F4O. The Morgan fingerprint density at radius 2 is 1.88 bits per heavy atom. The first-order valence-corrected chi connectivity index (χ1v) is 5.14. The third-order valence-electron chi connectivity index (χ3n) is 2.01. The normalized spacial score (nSPS) is 11.9. The van der Waals surface area contributed by atoms with Crippen LogP contribution in [0, 0.1) is 0 Å². The van der Waals surface area contributed by atoms with E-state index >= 15 is 0 Å². The maximum atomic E-state index is 12.7. The Kier molecular flexibility index (Phi) is 4.38. The van der Waals surface area contributed by atoms with Crippen molar-refractivity contribution in [3.8, 4) is 0 Å². The number of benzene rings is 1. The highest BCUT2D eigenvalue weighted by molar-refractivity contribution is 6.35. The zero-order chi connectivity index (χ0) is 13.2. The Morgan fingerprint density at radius 1 is 1.29 bits per heavy atom. The third kappa shape index (κ3) is 3.33. The highest BCUT2D eigenvalue weighted by atomic mass is 35.5. The molecule has 0 aliphatic carbocycles. The second-order valence-corrected chi connectivity index (χ2v) is 4.10. The molecule has 0 amide bonds. The van der Waals surface area contributed by atoms with Crippen LogP contribution < -0.4 is 0 Å². The molecule has 17 heavy (non-hydrogen) atoms. The maximum Gasteiger partial charge on any atom is 0.364 e. The van der Waals surface area contributed by atoms with E-state index in [9.17, 15) is 22.4 Å². The second kappa shape index (κ2) is 5.23. The van der Waals surface area contributed by atoms with Gasteiger partial charge < -0.3 is 0 Å². The number of hydrogen-bond acceptors (Lipinski definition) is 1. The summed E-state index contributed by atoms with van der Waals surface area (Å²) >= 11 is 11.2. The number of hydrogen-bond donors (Lipinski definition) is 0. The van der Waals surface area contributed by atoms with Gasteiger partial charge in [0, 0.05) is 16.5 Å². The molecule has 1 aromatic rings. The number of ketones is 1. The summed E-state index contributed by atoms with van der Waals surface area (Å²) in [5.41, 5.74) is 0.0291. The molecule has 0 fully saturated rings. The summed E-state index contributed by atoms with van der Waals surface area (Å²) in [5, 5.41) is 0.239. The molecule has 1 aromatic carbocycles. The van der Waals surface area contributed by atoms with E-state index in [-0.39, 0.29) is 15.6 Å². The molecule has 0 aliphatic rings. The molecule has 0 atom stereocenters. The molecule has 0 bridgehead atoms. The van der Waals surface area contributed by atoms with Crippen molar-refractivity contribution in [2.45, 2.75) is 18.8 Å². The summed E-state index contributed by atoms with van der Waals surface area (Å²) in [5.74, 6) is -6.54. The molecule has 0 aromatic heterocycles. The number of carbonyl (C=O) groups excluding carboxylic acids is 1. The Morgan fingerprint density at radius 3 is 2.35 bits per heavy atom. The first-order valence-electron chi connectivity index (χ1n) is 4.38. The summed E-state index contributed by atoms with van der Waals surface area (Å²) in [4.78, 5) is 11.0. The van der Waals surface area contributed by atoms with E-state index in [1.54, 1.807) is 0 Å². The highest BCUT2D eigenvalue weighted by Gasteiger charge is 2.48. The zero-order valence-electron chi connectivity index (χ0n) is 8.19. The number of halogens is 6. The zero-order valence-corrected chi connectivity index (χ0v) is 9.70. The van der Waals surface area contributed by atoms with Crippen LogP contribution in [0.3, 0.4) is 0 Å². The van der Waals surface area contributed by atoms with Gasteiger partial charge in [-0.15, -0.1) is 0 Å². The van der Waals surface area contributed by atoms with Crippen LogP contribution in [0.4, 0.5) is 17.6 Å². The van der Waals surface area contributed by atoms with Crippen molar-refractivity contribution in [2.75, 3.05) is 0 Å². The molecule has 0 heterocycles. The fourth-order valence-electron chi connectivity index (χ4n) is 1.08. The van der Waals surface area contributed by atoms with E-state index in [1.807, 2.05) is 0 Å². The first-order chi connectivity index (χ1) is 7.75. The fourth-order valence-corrected chi connectivity index (χ4v) is 1.55. The van der Waals surface area contributed by atoms with Crippen molar-refractivity contribution in [3.63, 3.8) is 0 Å². The standard InChI is InChI=1S/C10H6Cl2F4O/c11-6-2-1-5(7(12)4-6)3-8(17)10(15,16)9(13)14/h1-2,4,9H,3H2. The van der Waals surface area contributed by atoms with E-state index in [0.717, 1.165) is 0 Å². The van der Waals surface area contributed by atoms with Gasteiger partial charge in [-0.25, -0.2) is 8.78 Å². The highest BCUT2D eigenvalue weighted by Crippen LogP contribution is 2.28. The van der Waals surface area contributed by atoms with E-state index in [2.05, 4.69) is 0 Å². The number of Topliss-reactive ketones (excluding diaryl/α,β-unsaturated/α-hetero) is 1. The lowest BCUT2D eigenvalue weighted by Gasteiger charge is -2.14. The van der Waals surface area contributed by atoms with Gasteiger partial charge in [0.1, 0.15) is 0 Å². The van der Waals surface area contributed by atoms with E-state index in [4.69, 9.17) is 23.2 Å². The summed E-state index contributed by atoms with van der Waals surface area (Å²) in [6, 6.07) is 3.81. The number of alkyl halides is 4. The average molecular weight is 289 g/mol. The van der Waals surface area contributed by atoms with Gasteiger partial charge in [0.25, 0.3) is 0 Å². The van der Waals surface area contributed by atoms with Gasteiger partial charge in [-0.05, 0) is 17.7 Å². The van der Waals surface area contributed by atoms with Crippen molar-refractivity contribution in [2.24, 2.45) is 0 Å². The lowest BCUT2D eigenvalue weighted by atomic mass is 10.1. The van der Waals surface area contributed by atoms with E-state index in [1.165, 1.54) is 18.2 Å². The van der Waals surface area contributed by atoms with Gasteiger partial charge in [0.05, 0.1) is 0 Å². The van der Waals surface area contributed by atoms with Crippen LogP contribution in [0.2, 0.25) is 10.0 Å². The molecule has 0 N–H and O–H groups in total. The molecule has 0 spiro atoms. The fraction of sp³-hybridized carbons (Fsp3) is 0.300. The monoisotopic (exact) mass is 288 g/mol. The van der Waals surface area contributed by atoms with Crippen LogP contribution in [0.5, 0.6) is 0 Å². The quantitative estimate of drug-likeness (QED) is 0.765. The molecule has 0 aliphatic heterocycles. The number of carbonyl (C=O) groups is 1. The molecule has 7 heteroatoms. The van der Waals surface area contributed by atoms with Gasteiger partial charge in [-0.1, -0.05) is 29.3 Å². The summed E-state index contributed by atoms with van der Waals surface area (Å²) < 4.78 is 49.1. The molecule has 0 radical (unpaired) electrons. The molecule has 0 saturated heterocycles. The van der Waals surface area contributed by atoms with Gasteiger partial charge in [-0.3, -0.25) is 4.79 Å². The van der Waals surface area contributed by atoms with Gasteiger partial charge in [0.15, 0.2) is 0 Å². The van der Waals surface area contributed by atoms with E-state index < -0.39 is 24.6 Å². The van der Waals surface area contributed by atoms with Gasteiger partial charge in [0.2, 0.25) is 5.78 Å². The van der Waals surface area contributed by atoms with Crippen molar-refractivity contribution in [3.05, 3.63) is 33.8 Å². The maximum absolute atomic E-state index is 12.7. The van der Waals surface area contributed by atoms with Crippen LogP contribution in [0.25, 0.3) is 0 Å². The Hall–Kier alpha value is -0.810. The smallest absolute Gasteiger partial charge is 0.292 e. The van der Waals surface area contributed by atoms with Gasteiger partial charge >= 0.3 is 12.3 Å². The second-order valence-electron chi connectivity index (χ2n) is 3.26. The summed E-state index contributed by atoms with van der Waals surface area (Å²) in [7, 11) is 0. The molecule has 1 rings (SSSR count). The average Bonchev–Trinajstić information content (AvgIpc) is 2.21. The minimum atomic E-state index is -4.66. The molecule has 1 nitrogen and oxygen atoms in total. The lowest BCUT2D eigenvalue weighted by molar-refractivity contribution is -0.166. The van der Waals surface area contributed by atoms with Crippen molar-refractivity contribution < 1.29 is 22.4 Å². The SMILES string of the molecule is O=C(Cc1ccc(Cl)cc1Cl)C(F)(F)C(F)F. The van der Waals surface area contributed by atoms with Crippen LogP contribution in [0.15, 0.2) is 18.2 Å². The van der Waals surface area contributed by atoms with Crippen molar-refractivity contribution in [1.29, 1.82) is 0 Å². The Labute approximate surface area is 104 Å². The largest absolute Gasteiger partial charge is 0.364 e. The van der Waals surface area contributed by atoms with Crippen LogP contribution in [-0.2, 0) is 11.2 Å². The Balaban J connectivity index is 2.89. The first kappa shape index (κ1) is 14.3. The molecule has 0 saturated carbocycles. The lowest BCUT2D eigenvalue weighted by Crippen LogP contribution is -2.37. The predicted molar refractivity (Wildman–Crippen MR) is 56.1 cm³/mol. The molecule has 94 valence electrons. The minimum absolute atomic E-state index is 0.0177. The van der Waals surface area contributed by atoms with Crippen LogP contribution >= 0.6 is 23.2 Å². The molecule has 0 unspecified atom stereocenters. The topological polar surface area (TPSA) is 17.1 Å². The minimum Gasteiger partial charge on any atom is -0.292 e. The van der Waals surface area contributed by atoms with Crippen molar-refractivity contribution in [1.82, 2.24) is 0 Å². The number of rotatable bonds is 4. The van der Waals surface area contributed by atoms with E-state index in [0.29, 0.717) is 0 Å². The van der Waals surface area contributed by atoms with Crippen LogP contribution in [0.1, 0.15) is 5.56 Å². The van der Waals surface area contributed by atoms with Crippen molar-refractivity contribution >= 4 is 29.0 Å². The summed E-state index contributed by atoms with van der Waals surface area (Å²) in [6.45, 7) is 0. The van der Waals surface area contributed by atoms with Gasteiger partial charge in [-0.2, -0.15) is 8.78 Å². The Bertz CT molecular complexity index is 434.